The van der Waals surface area contributed by atoms with Gasteiger partial charge in [-0.05, 0) is 11.0 Å². The lowest BCUT2D eigenvalue weighted by Crippen LogP contribution is -2.18. The first-order valence-corrected chi connectivity index (χ1v) is 6.09. The fraction of sp³-hybridized carbons (Fsp3) is 0.429. The van der Waals surface area contributed by atoms with Crippen molar-refractivity contribution in [1.29, 1.82) is 0 Å². The molecular weight excluding hydrogens is 226 g/mol. The highest BCUT2D eigenvalue weighted by atomic mass is 16.3. The Morgan fingerprint density at radius 1 is 1.22 bits per heavy atom. The third-order valence-corrected chi connectivity index (χ3v) is 2.84. The molecule has 1 N–H and O–H groups in total. The minimum absolute atomic E-state index is 0.229. The number of hydrogen-bond acceptors (Lipinski definition) is 3. The Bertz CT molecular complexity index is 499. The Balaban J connectivity index is 2.12. The van der Waals surface area contributed by atoms with E-state index in [0.29, 0.717) is 12.2 Å². The summed E-state index contributed by atoms with van der Waals surface area (Å²) >= 11 is 0. The number of benzene rings is 1. The van der Waals surface area contributed by atoms with Crippen LogP contribution in [0.15, 0.2) is 36.5 Å². The van der Waals surface area contributed by atoms with Gasteiger partial charge in [-0.25, -0.2) is 4.68 Å². The van der Waals surface area contributed by atoms with Gasteiger partial charge >= 0.3 is 0 Å². The van der Waals surface area contributed by atoms with Crippen LogP contribution >= 0.6 is 0 Å². The standard InChI is InChI=1S/C14H19N3O/c1-14(2,3)13(18)12-10-17(16-15-12)9-11-7-5-4-6-8-11/h4-8,10,13,18H,9H2,1-3H3. The predicted molar refractivity (Wildman–Crippen MR) is 70.0 cm³/mol. The second-order valence-electron chi connectivity index (χ2n) is 5.60. The highest BCUT2D eigenvalue weighted by Crippen LogP contribution is 2.30. The van der Waals surface area contributed by atoms with Crippen LogP contribution in [0.5, 0.6) is 0 Å². The maximum Gasteiger partial charge on any atom is 0.112 e. The zero-order valence-corrected chi connectivity index (χ0v) is 11.0. The molecule has 0 bridgehead atoms. The van der Waals surface area contributed by atoms with Crippen molar-refractivity contribution in [3.05, 3.63) is 47.8 Å². The summed E-state index contributed by atoms with van der Waals surface area (Å²) in [4.78, 5) is 0. The summed E-state index contributed by atoms with van der Waals surface area (Å²) in [6.07, 6.45) is 1.21. The molecule has 0 amide bonds. The Morgan fingerprint density at radius 2 is 1.89 bits per heavy atom. The molecule has 18 heavy (non-hydrogen) atoms. The van der Waals surface area contributed by atoms with Crippen molar-refractivity contribution in [3.63, 3.8) is 0 Å². The number of nitrogens with zero attached hydrogens (tertiary/aromatic N) is 3. The molecule has 2 rings (SSSR count). The lowest BCUT2D eigenvalue weighted by atomic mass is 9.87. The zero-order chi connectivity index (χ0) is 13.2. The number of rotatable bonds is 3. The molecule has 0 spiro atoms. The summed E-state index contributed by atoms with van der Waals surface area (Å²) in [5, 5.41) is 18.2. The van der Waals surface area contributed by atoms with Gasteiger partial charge in [0.05, 0.1) is 12.7 Å². The second kappa shape index (κ2) is 4.90. The summed E-state index contributed by atoms with van der Waals surface area (Å²) in [6.45, 7) is 6.61. The molecule has 1 aromatic carbocycles. The molecule has 96 valence electrons. The molecule has 4 nitrogen and oxygen atoms in total. The topological polar surface area (TPSA) is 50.9 Å². The summed E-state index contributed by atoms with van der Waals surface area (Å²) in [7, 11) is 0. The number of aliphatic hydroxyl groups is 1. The molecule has 1 unspecified atom stereocenters. The summed E-state index contributed by atoms with van der Waals surface area (Å²) in [6, 6.07) is 10.1. The molecular formula is C14H19N3O. The average Bonchev–Trinajstić information content (AvgIpc) is 2.76. The van der Waals surface area contributed by atoms with E-state index in [4.69, 9.17) is 0 Å². The molecule has 0 radical (unpaired) electrons. The highest BCUT2D eigenvalue weighted by molar-refractivity contribution is 5.15. The fourth-order valence-electron chi connectivity index (χ4n) is 1.73. The van der Waals surface area contributed by atoms with Crippen molar-refractivity contribution in [1.82, 2.24) is 15.0 Å². The molecule has 1 aromatic heterocycles. The second-order valence-corrected chi connectivity index (χ2v) is 5.60. The first-order chi connectivity index (χ1) is 8.47. The summed E-state index contributed by atoms with van der Waals surface area (Å²) < 4.78 is 1.75. The Labute approximate surface area is 107 Å². The molecule has 0 aliphatic heterocycles. The van der Waals surface area contributed by atoms with Gasteiger partial charge in [0.25, 0.3) is 0 Å². The van der Waals surface area contributed by atoms with E-state index in [0.717, 1.165) is 0 Å². The minimum atomic E-state index is -0.595. The number of hydrogen-bond donors (Lipinski definition) is 1. The normalized spacial score (nSPS) is 13.6. The largest absolute Gasteiger partial charge is 0.386 e. The molecule has 0 fully saturated rings. The van der Waals surface area contributed by atoms with Crippen LogP contribution in [0, 0.1) is 5.41 Å². The SMILES string of the molecule is CC(C)(C)C(O)c1cn(Cc2ccccc2)nn1. The van der Waals surface area contributed by atoms with E-state index >= 15 is 0 Å². The van der Waals surface area contributed by atoms with Crippen LogP contribution in [0.25, 0.3) is 0 Å². The quantitative estimate of drug-likeness (QED) is 0.903. The van der Waals surface area contributed by atoms with Crippen LogP contribution < -0.4 is 0 Å². The molecule has 1 atom stereocenters. The van der Waals surface area contributed by atoms with Gasteiger partial charge in [0.2, 0.25) is 0 Å². The third-order valence-electron chi connectivity index (χ3n) is 2.84. The van der Waals surface area contributed by atoms with Crippen LogP contribution in [-0.4, -0.2) is 20.1 Å². The van der Waals surface area contributed by atoms with Gasteiger partial charge in [0, 0.05) is 0 Å². The van der Waals surface area contributed by atoms with Gasteiger partial charge in [-0.1, -0.05) is 56.3 Å². The van der Waals surface area contributed by atoms with Crippen LogP contribution in [0.4, 0.5) is 0 Å². The van der Waals surface area contributed by atoms with Gasteiger partial charge in [-0.2, -0.15) is 0 Å². The molecule has 1 heterocycles. The Kier molecular flexibility index (Phi) is 3.48. The molecule has 0 saturated heterocycles. The Hall–Kier alpha value is -1.68. The van der Waals surface area contributed by atoms with Crippen molar-refractivity contribution in [2.24, 2.45) is 5.41 Å². The van der Waals surface area contributed by atoms with Crippen molar-refractivity contribution in [3.8, 4) is 0 Å². The van der Waals surface area contributed by atoms with Crippen LogP contribution in [0.2, 0.25) is 0 Å². The minimum Gasteiger partial charge on any atom is -0.386 e. The van der Waals surface area contributed by atoms with Crippen LogP contribution in [-0.2, 0) is 6.54 Å². The molecule has 2 aromatic rings. The lowest BCUT2D eigenvalue weighted by Gasteiger charge is -2.23. The van der Waals surface area contributed by atoms with Crippen molar-refractivity contribution < 1.29 is 5.11 Å². The molecule has 0 aliphatic rings. The van der Waals surface area contributed by atoms with E-state index in [2.05, 4.69) is 10.3 Å². The van der Waals surface area contributed by atoms with Crippen molar-refractivity contribution in [2.75, 3.05) is 0 Å². The van der Waals surface area contributed by atoms with Gasteiger partial charge in [0.15, 0.2) is 0 Å². The molecule has 0 aliphatic carbocycles. The van der Waals surface area contributed by atoms with Gasteiger partial charge in [-0.15, -0.1) is 5.10 Å². The first kappa shape index (κ1) is 12.8. The maximum atomic E-state index is 10.1. The molecule has 0 saturated carbocycles. The van der Waals surface area contributed by atoms with E-state index in [9.17, 15) is 5.11 Å². The fourth-order valence-corrected chi connectivity index (χ4v) is 1.73. The van der Waals surface area contributed by atoms with Crippen LogP contribution in [0.3, 0.4) is 0 Å². The van der Waals surface area contributed by atoms with E-state index in [1.54, 1.807) is 4.68 Å². The summed E-state index contributed by atoms with van der Waals surface area (Å²) in [5.41, 5.74) is 1.56. The zero-order valence-electron chi connectivity index (χ0n) is 11.0. The summed E-state index contributed by atoms with van der Waals surface area (Å²) in [5.74, 6) is 0. The number of aliphatic hydroxyl groups excluding tert-OH is 1. The van der Waals surface area contributed by atoms with Crippen molar-refractivity contribution in [2.45, 2.75) is 33.4 Å². The average molecular weight is 245 g/mol. The van der Waals surface area contributed by atoms with E-state index in [1.807, 2.05) is 57.3 Å². The van der Waals surface area contributed by atoms with E-state index in [1.165, 1.54) is 5.56 Å². The van der Waals surface area contributed by atoms with Crippen molar-refractivity contribution >= 4 is 0 Å². The molecule has 4 heteroatoms. The third kappa shape index (κ3) is 2.96. The van der Waals surface area contributed by atoms with Crippen LogP contribution in [0.1, 0.15) is 38.1 Å². The smallest absolute Gasteiger partial charge is 0.112 e. The first-order valence-electron chi connectivity index (χ1n) is 6.09. The monoisotopic (exact) mass is 245 g/mol. The highest BCUT2D eigenvalue weighted by Gasteiger charge is 2.26. The lowest BCUT2D eigenvalue weighted by molar-refractivity contribution is 0.0588. The van der Waals surface area contributed by atoms with E-state index < -0.39 is 6.10 Å². The predicted octanol–water partition coefficient (Wildman–Crippen LogP) is 2.41. The van der Waals surface area contributed by atoms with Gasteiger partial charge < -0.3 is 5.11 Å². The van der Waals surface area contributed by atoms with Gasteiger partial charge in [0.1, 0.15) is 11.8 Å². The number of aromatic nitrogens is 3. The Morgan fingerprint density at radius 3 is 2.50 bits per heavy atom. The van der Waals surface area contributed by atoms with Gasteiger partial charge in [-0.3, -0.25) is 0 Å². The maximum absolute atomic E-state index is 10.1. The van der Waals surface area contributed by atoms with E-state index in [-0.39, 0.29) is 5.41 Å².